The van der Waals surface area contributed by atoms with Crippen molar-refractivity contribution in [3.8, 4) is 11.4 Å². The van der Waals surface area contributed by atoms with Gasteiger partial charge in [0.25, 0.3) is 0 Å². The van der Waals surface area contributed by atoms with Crippen LogP contribution in [0.3, 0.4) is 0 Å². The SMILES string of the molecule is Cc1nc(Cc2nc(-c3nonc3C)cs2)cs1. The Kier molecular flexibility index (Phi) is 2.92. The third-order valence-corrected chi connectivity index (χ3v) is 4.12. The summed E-state index contributed by atoms with van der Waals surface area (Å²) in [6, 6.07) is 0. The van der Waals surface area contributed by atoms with Gasteiger partial charge in [0.05, 0.1) is 15.7 Å². The van der Waals surface area contributed by atoms with Gasteiger partial charge in [-0.15, -0.1) is 22.7 Å². The van der Waals surface area contributed by atoms with Crippen molar-refractivity contribution in [2.24, 2.45) is 0 Å². The lowest BCUT2D eigenvalue weighted by atomic mass is 10.3. The van der Waals surface area contributed by atoms with E-state index in [-0.39, 0.29) is 0 Å². The Morgan fingerprint density at radius 3 is 2.67 bits per heavy atom. The molecule has 0 N–H and O–H groups in total. The number of hydrogen-bond acceptors (Lipinski definition) is 7. The zero-order chi connectivity index (χ0) is 12.5. The molecule has 3 rings (SSSR count). The van der Waals surface area contributed by atoms with Crippen LogP contribution in [-0.4, -0.2) is 20.3 Å². The Hall–Kier alpha value is -1.60. The molecule has 92 valence electrons. The number of thiazole rings is 2. The van der Waals surface area contributed by atoms with Gasteiger partial charge < -0.3 is 0 Å². The largest absolute Gasteiger partial charge is 0.246 e. The van der Waals surface area contributed by atoms with Crippen LogP contribution in [0.4, 0.5) is 0 Å². The Balaban J connectivity index is 1.84. The van der Waals surface area contributed by atoms with E-state index in [1.807, 2.05) is 19.2 Å². The zero-order valence-corrected chi connectivity index (χ0v) is 11.5. The lowest BCUT2D eigenvalue weighted by Gasteiger charge is -1.91. The third-order valence-electron chi connectivity index (χ3n) is 2.45. The Labute approximate surface area is 111 Å². The maximum Gasteiger partial charge on any atom is 0.157 e. The van der Waals surface area contributed by atoms with Crippen molar-refractivity contribution in [1.29, 1.82) is 0 Å². The van der Waals surface area contributed by atoms with Crippen LogP contribution in [0.25, 0.3) is 11.4 Å². The molecule has 0 spiro atoms. The summed E-state index contributed by atoms with van der Waals surface area (Å²) in [7, 11) is 0. The van der Waals surface area contributed by atoms with E-state index in [0.717, 1.165) is 33.5 Å². The molecule has 0 aliphatic rings. The zero-order valence-electron chi connectivity index (χ0n) is 9.88. The molecule has 0 fully saturated rings. The van der Waals surface area contributed by atoms with E-state index >= 15 is 0 Å². The van der Waals surface area contributed by atoms with Crippen LogP contribution < -0.4 is 0 Å². The summed E-state index contributed by atoms with van der Waals surface area (Å²) in [5.41, 5.74) is 3.36. The van der Waals surface area contributed by atoms with Gasteiger partial charge in [0.15, 0.2) is 5.69 Å². The molecular weight excluding hydrogens is 268 g/mol. The highest BCUT2D eigenvalue weighted by Crippen LogP contribution is 2.24. The molecule has 0 aromatic carbocycles. The van der Waals surface area contributed by atoms with E-state index < -0.39 is 0 Å². The average molecular weight is 278 g/mol. The molecule has 3 aromatic heterocycles. The molecular formula is C11H10N4OS2. The predicted octanol–water partition coefficient (Wildman–Crippen LogP) is 2.86. The van der Waals surface area contributed by atoms with Crippen LogP contribution in [0.5, 0.6) is 0 Å². The van der Waals surface area contributed by atoms with E-state index in [9.17, 15) is 0 Å². The van der Waals surface area contributed by atoms with Gasteiger partial charge in [-0.05, 0) is 19.0 Å². The second-order valence-corrected chi connectivity index (χ2v) is 5.86. The van der Waals surface area contributed by atoms with Gasteiger partial charge in [0, 0.05) is 17.2 Å². The van der Waals surface area contributed by atoms with Crippen LogP contribution in [0, 0.1) is 13.8 Å². The van der Waals surface area contributed by atoms with Crippen LogP contribution in [0.15, 0.2) is 15.4 Å². The van der Waals surface area contributed by atoms with Gasteiger partial charge in [-0.2, -0.15) is 0 Å². The molecule has 0 amide bonds. The first-order valence-corrected chi connectivity index (χ1v) is 7.13. The highest BCUT2D eigenvalue weighted by Gasteiger charge is 2.13. The van der Waals surface area contributed by atoms with Crippen molar-refractivity contribution in [3.05, 3.63) is 32.2 Å². The molecule has 0 unspecified atom stereocenters. The van der Waals surface area contributed by atoms with Crippen LogP contribution in [-0.2, 0) is 6.42 Å². The topological polar surface area (TPSA) is 64.7 Å². The molecule has 3 heterocycles. The number of aryl methyl sites for hydroxylation is 2. The quantitative estimate of drug-likeness (QED) is 0.737. The Bertz CT molecular complexity index is 670. The summed E-state index contributed by atoms with van der Waals surface area (Å²) in [6.07, 6.45) is 0.763. The minimum Gasteiger partial charge on any atom is -0.246 e. The number of rotatable bonds is 3. The summed E-state index contributed by atoms with van der Waals surface area (Å²) in [5, 5.41) is 13.8. The van der Waals surface area contributed by atoms with Crippen molar-refractivity contribution in [2.45, 2.75) is 20.3 Å². The van der Waals surface area contributed by atoms with E-state index in [2.05, 4.69) is 30.3 Å². The Morgan fingerprint density at radius 2 is 2.00 bits per heavy atom. The van der Waals surface area contributed by atoms with Gasteiger partial charge >= 0.3 is 0 Å². The van der Waals surface area contributed by atoms with Crippen LogP contribution >= 0.6 is 22.7 Å². The molecule has 0 saturated carbocycles. The van der Waals surface area contributed by atoms with Crippen molar-refractivity contribution in [1.82, 2.24) is 20.3 Å². The molecule has 3 aromatic rings. The highest BCUT2D eigenvalue weighted by molar-refractivity contribution is 7.10. The average Bonchev–Trinajstić information content (AvgIpc) is 3.02. The van der Waals surface area contributed by atoms with Crippen molar-refractivity contribution in [3.63, 3.8) is 0 Å². The molecule has 0 bridgehead atoms. The molecule has 7 heteroatoms. The smallest absolute Gasteiger partial charge is 0.157 e. The van der Waals surface area contributed by atoms with Gasteiger partial charge in [-0.1, -0.05) is 5.16 Å². The third kappa shape index (κ3) is 2.19. The first kappa shape index (κ1) is 11.5. The molecule has 0 saturated heterocycles. The van der Waals surface area contributed by atoms with Crippen molar-refractivity contribution < 1.29 is 4.63 Å². The van der Waals surface area contributed by atoms with E-state index in [0.29, 0.717) is 5.69 Å². The molecule has 0 aliphatic carbocycles. The molecule has 0 aliphatic heterocycles. The predicted molar refractivity (Wildman–Crippen MR) is 69.8 cm³/mol. The van der Waals surface area contributed by atoms with Gasteiger partial charge in [0.2, 0.25) is 0 Å². The lowest BCUT2D eigenvalue weighted by molar-refractivity contribution is 0.306. The summed E-state index contributed by atoms with van der Waals surface area (Å²) in [4.78, 5) is 8.97. The summed E-state index contributed by atoms with van der Waals surface area (Å²) in [5.74, 6) is 0. The first-order chi connectivity index (χ1) is 8.72. The fourth-order valence-corrected chi connectivity index (χ4v) is 3.02. The monoisotopic (exact) mass is 278 g/mol. The lowest BCUT2D eigenvalue weighted by Crippen LogP contribution is -1.88. The normalized spacial score (nSPS) is 11.0. The molecule has 0 radical (unpaired) electrons. The van der Waals surface area contributed by atoms with E-state index in [1.54, 1.807) is 22.7 Å². The fourth-order valence-electron chi connectivity index (χ4n) is 1.61. The van der Waals surface area contributed by atoms with Gasteiger partial charge in [-0.3, -0.25) is 0 Å². The fraction of sp³-hybridized carbons (Fsp3) is 0.273. The molecule has 0 atom stereocenters. The molecule has 18 heavy (non-hydrogen) atoms. The highest BCUT2D eigenvalue weighted by atomic mass is 32.1. The number of nitrogens with zero attached hydrogens (tertiary/aromatic N) is 4. The van der Waals surface area contributed by atoms with E-state index in [4.69, 9.17) is 0 Å². The van der Waals surface area contributed by atoms with Crippen LogP contribution in [0.2, 0.25) is 0 Å². The van der Waals surface area contributed by atoms with Crippen LogP contribution in [0.1, 0.15) is 21.4 Å². The summed E-state index contributed by atoms with van der Waals surface area (Å²) < 4.78 is 4.68. The summed E-state index contributed by atoms with van der Waals surface area (Å²) >= 11 is 3.26. The number of aromatic nitrogens is 4. The Morgan fingerprint density at radius 1 is 1.11 bits per heavy atom. The van der Waals surface area contributed by atoms with Gasteiger partial charge in [0.1, 0.15) is 11.4 Å². The second-order valence-electron chi connectivity index (χ2n) is 3.86. The maximum atomic E-state index is 4.68. The van der Waals surface area contributed by atoms with Gasteiger partial charge in [-0.25, -0.2) is 14.6 Å². The minimum atomic E-state index is 0.715. The first-order valence-electron chi connectivity index (χ1n) is 5.37. The minimum absolute atomic E-state index is 0.715. The van der Waals surface area contributed by atoms with E-state index in [1.165, 1.54) is 0 Å². The molecule has 5 nitrogen and oxygen atoms in total. The second kappa shape index (κ2) is 4.58. The van der Waals surface area contributed by atoms with Crippen molar-refractivity contribution in [2.75, 3.05) is 0 Å². The summed E-state index contributed by atoms with van der Waals surface area (Å²) in [6.45, 7) is 3.86. The number of hydrogen-bond donors (Lipinski definition) is 0. The standard InChI is InChI=1S/C11H10N4OS2/c1-6-11(15-16-14-6)9-5-18-10(13-9)3-8-4-17-7(2)12-8/h4-5H,3H2,1-2H3. The maximum absolute atomic E-state index is 4.68. The van der Waals surface area contributed by atoms with Crippen molar-refractivity contribution >= 4 is 22.7 Å².